The van der Waals surface area contributed by atoms with Crippen molar-refractivity contribution in [2.45, 2.75) is 33.7 Å². The number of aromatic nitrogens is 4. The van der Waals surface area contributed by atoms with Gasteiger partial charge in [0, 0.05) is 16.5 Å². The molecule has 3 aromatic heterocycles. The Labute approximate surface area is 154 Å². The van der Waals surface area contributed by atoms with E-state index < -0.39 is 0 Å². The molecule has 0 unspecified atom stereocenters. The van der Waals surface area contributed by atoms with Crippen LogP contribution in [0.1, 0.15) is 30.5 Å². The van der Waals surface area contributed by atoms with Crippen LogP contribution in [0.25, 0.3) is 33.2 Å². The maximum atomic E-state index is 12.4. The SMILES string of the molecule is Cc1ccc(-c2nc(-c3ccc4c(c3)nc(C)c(=O)n4C(C)C)no2)s1. The third kappa shape index (κ3) is 2.74. The fourth-order valence-electron chi connectivity index (χ4n) is 2.97. The third-order valence-electron chi connectivity index (χ3n) is 4.20. The summed E-state index contributed by atoms with van der Waals surface area (Å²) in [6.07, 6.45) is 0. The lowest BCUT2D eigenvalue weighted by molar-refractivity contribution is 0.433. The van der Waals surface area contributed by atoms with Gasteiger partial charge >= 0.3 is 0 Å². The molecule has 132 valence electrons. The fourth-order valence-corrected chi connectivity index (χ4v) is 3.76. The molecule has 6 nitrogen and oxygen atoms in total. The van der Waals surface area contributed by atoms with Crippen molar-refractivity contribution in [2.24, 2.45) is 0 Å². The molecule has 0 aliphatic heterocycles. The first kappa shape index (κ1) is 16.7. The van der Waals surface area contributed by atoms with Gasteiger partial charge in [0.05, 0.1) is 15.9 Å². The van der Waals surface area contributed by atoms with Gasteiger partial charge in [-0.15, -0.1) is 11.3 Å². The molecule has 0 radical (unpaired) electrons. The largest absolute Gasteiger partial charge is 0.333 e. The molecule has 4 aromatic rings. The second-order valence-corrected chi connectivity index (χ2v) is 7.79. The average molecular weight is 366 g/mol. The number of nitrogens with zero attached hydrogens (tertiary/aromatic N) is 4. The number of hydrogen-bond acceptors (Lipinski definition) is 6. The van der Waals surface area contributed by atoms with Crippen LogP contribution in [0.4, 0.5) is 0 Å². The number of aryl methyl sites for hydroxylation is 2. The van der Waals surface area contributed by atoms with Crippen LogP contribution in [0, 0.1) is 13.8 Å². The molecule has 0 fully saturated rings. The van der Waals surface area contributed by atoms with Crippen molar-refractivity contribution >= 4 is 22.4 Å². The molecule has 0 aliphatic rings. The molecule has 0 spiro atoms. The molecule has 0 bridgehead atoms. The number of thiophene rings is 1. The minimum absolute atomic E-state index is 0.0522. The van der Waals surface area contributed by atoms with Crippen LogP contribution in [0.5, 0.6) is 0 Å². The quantitative estimate of drug-likeness (QED) is 0.538. The van der Waals surface area contributed by atoms with Gasteiger partial charge < -0.3 is 9.09 Å². The zero-order valence-corrected chi connectivity index (χ0v) is 15.8. The van der Waals surface area contributed by atoms with Crippen molar-refractivity contribution in [3.05, 3.63) is 51.3 Å². The highest BCUT2D eigenvalue weighted by Gasteiger charge is 2.15. The van der Waals surface area contributed by atoms with E-state index in [4.69, 9.17) is 4.52 Å². The molecule has 7 heteroatoms. The molecular weight excluding hydrogens is 348 g/mol. The first-order chi connectivity index (χ1) is 12.4. The molecule has 26 heavy (non-hydrogen) atoms. The molecule has 1 aromatic carbocycles. The fraction of sp³-hybridized carbons (Fsp3) is 0.263. The van der Waals surface area contributed by atoms with E-state index in [0.717, 1.165) is 21.5 Å². The molecule has 4 rings (SSSR count). The van der Waals surface area contributed by atoms with Crippen LogP contribution in [0.2, 0.25) is 0 Å². The lowest BCUT2D eigenvalue weighted by atomic mass is 10.1. The van der Waals surface area contributed by atoms with Gasteiger partial charge in [-0.05, 0) is 58.0 Å². The highest BCUT2D eigenvalue weighted by molar-refractivity contribution is 7.15. The molecule has 0 N–H and O–H groups in total. The van der Waals surface area contributed by atoms with E-state index in [2.05, 4.69) is 15.1 Å². The highest BCUT2D eigenvalue weighted by Crippen LogP contribution is 2.29. The molecule has 0 amide bonds. The van der Waals surface area contributed by atoms with Gasteiger partial charge in [-0.25, -0.2) is 4.98 Å². The van der Waals surface area contributed by atoms with E-state index in [-0.39, 0.29) is 11.6 Å². The minimum atomic E-state index is -0.0600. The van der Waals surface area contributed by atoms with E-state index >= 15 is 0 Å². The lowest BCUT2D eigenvalue weighted by Gasteiger charge is -2.14. The van der Waals surface area contributed by atoms with Crippen molar-refractivity contribution in [3.63, 3.8) is 0 Å². The van der Waals surface area contributed by atoms with Gasteiger partial charge in [0.2, 0.25) is 5.82 Å². The zero-order chi connectivity index (χ0) is 18.4. The van der Waals surface area contributed by atoms with Crippen LogP contribution in [-0.4, -0.2) is 19.7 Å². The Kier molecular flexibility index (Phi) is 3.96. The Morgan fingerprint density at radius 3 is 2.62 bits per heavy atom. The number of benzene rings is 1. The van der Waals surface area contributed by atoms with Crippen LogP contribution in [0.3, 0.4) is 0 Å². The molecule has 0 saturated carbocycles. The predicted molar refractivity (Wildman–Crippen MR) is 102 cm³/mol. The maximum absolute atomic E-state index is 12.4. The summed E-state index contributed by atoms with van der Waals surface area (Å²) in [5.41, 5.74) is 2.77. The normalized spacial score (nSPS) is 11.6. The van der Waals surface area contributed by atoms with E-state index in [1.807, 2.05) is 51.1 Å². The summed E-state index contributed by atoms with van der Waals surface area (Å²) in [5.74, 6) is 1.02. The Morgan fingerprint density at radius 1 is 1.12 bits per heavy atom. The Hall–Kier alpha value is -2.80. The second kappa shape index (κ2) is 6.17. The minimum Gasteiger partial charge on any atom is -0.333 e. The topological polar surface area (TPSA) is 73.8 Å². The average Bonchev–Trinajstić information content (AvgIpc) is 3.24. The zero-order valence-electron chi connectivity index (χ0n) is 15.0. The van der Waals surface area contributed by atoms with E-state index in [9.17, 15) is 4.79 Å². The van der Waals surface area contributed by atoms with Crippen molar-refractivity contribution in [3.8, 4) is 22.2 Å². The van der Waals surface area contributed by atoms with E-state index in [1.54, 1.807) is 22.8 Å². The molecule has 0 atom stereocenters. The van der Waals surface area contributed by atoms with Gasteiger partial charge in [0.1, 0.15) is 5.69 Å². The summed E-state index contributed by atoms with van der Waals surface area (Å²) in [6.45, 7) is 7.75. The van der Waals surface area contributed by atoms with Crippen molar-refractivity contribution in [1.82, 2.24) is 19.7 Å². The van der Waals surface area contributed by atoms with Crippen LogP contribution < -0.4 is 5.56 Å². The predicted octanol–water partition coefficient (Wildman–Crippen LogP) is 4.37. The van der Waals surface area contributed by atoms with Crippen molar-refractivity contribution in [1.29, 1.82) is 0 Å². The molecule has 0 aliphatic carbocycles. The van der Waals surface area contributed by atoms with E-state index in [0.29, 0.717) is 17.4 Å². The van der Waals surface area contributed by atoms with Crippen LogP contribution in [-0.2, 0) is 0 Å². The first-order valence-electron chi connectivity index (χ1n) is 8.38. The summed E-state index contributed by atoms with van der Waals surface area (Å²) in [6, 6.07) is 9.74. The summed E-state index contributed by atoms with van der Waals surface area (Å²) in [4.78, 5) is 23.5. The summed E-state index contributed by atoms with van der Waals surface area (Å²) < 4.78 is 7.17. The second-order valence-electron chi connectivity index (χ2n) is 6.50. The van der Waals surface area contributed by atoms with Gasteiger partial charge in [-0.2, -0.15) is 4.98 Å². The van der Waals surface area contributed by atoms with Gasteiger partial charge in [0.15, 0.2) is 0 Å². The smallest absolute Gasteiger partial charge is 0.272 e. The molecule has 3 heterocycles. The number of fused-ring (bicyclic) bond motifs is 1. The Balaban J connectivity index is 1.82. The monoisotopic (exact) mass is 366 g/mol. The highest BCUT2D eigenvalue weighted by atomic mass is 32.1. The van der Waals surface area contributed by atoms with E-state index in [1.165, 1.54) is 4.88 Å². The van der Waals surface area contributed by atoms with Crippen molar-refractivity contribution in [2.75, 3.05) is 0 Å². The standard InChI is InChI=1S/C19H18N4O2S/c1-10(2)23-15-7-6-13(9-14(15)20-12(4)19(23)24)17-21-18(25-22-17)16-8-5-11(3)26-16/h5-10H,1-4H3. The first-order valence-corrected chi connectivity index (χ1v) is 9.19. The number of hydrogen-bond donors (Lipinski definition) is 0. The molecule has 0 saturated heterocycles. The van der Waals surface area contributed by atoms with Crippen molar-refractivity contribution < 1.29 is 4.52 Å². The summed E-state index contributed by atoms with van der Waals surface area (Å²) in [7, 11) is 0. The maximum Gasteiger partial charge on any atom is 0.272 e. The molecular formula is C19H18N4O2S. The summed E-state index contributed by atoms with van der Waals surface area (Å²) >= 11 is 1.61. The summed E-state index contributed by atoms with van der Waals surface area (Å²) in [5, 5.41) is 4.10. The number of rotatable bonds is 3. The van der Waals surface area contributed by atoms with Crippen LogP contribution in [0.15, 0.2) is 39.6 Å². The Morgan fingerprint density at radius 2 is 1.92 bits per heavy atom. The van der Waals surface area contributed by atoms with Gasteiger partial charge in [-0.3, -0.25) is 4.79 Å². The van der Waals surface area contributed by atoms with Crippen LogP contribution >= 0.6 is 11.3 Å². The van der Waals surface area contributed by atoms with Gasteiger partial charge in [-0.1, -0.05) is 5.16 Å². The Bertz CT molecular complexity index is 1170. The van der Waals surface area contributed by atoms with Gasteiger partial charge in [0.25, 0.3) is 11.4 Å². The third-order valence-corrected chi connectivity index (χ3v) is 5.19. The lowest BCUT2D eigenvalue weighted by Crippen LogP contribution is -2.25.